The van der Waals surface area contributed by atoms with Crippen molar-refractivity contribution >= 4 is 17.8 Å². The van der Waals surface area contributed by atoms with E-state index in [0.717, 1.165) is 5.56 Å². The fourth-order valence-electron chi connectivity index (χ4n) is 2.22. The lowest BCUT2D eigenvalue weighted by Gasteiger charge is -2.16. The Morgan fingerprint density at radius 1 is 1.16 bits per heavy atom. The average molecular weight is 371 g/mol. The van der Waals surface area contributed by atoms with Gasteiger partial charge in [0.05, 0.1) is 12.7 Å². The van der Waals surface area contributed by atoms with Crippen LogP contribution in [0.4, 0.5) is 13.6 Å². The van der Waals surface area contributed by atoms with Gasteiger partial charge in [0.15, 0.2) is 0 Å². The van der Waals surface area contributed by atoms with Crippen LogP contribution < -0.4 is 9.47 Å². The quantitative estimate of drug-likeness (QED) is 0.506. The van der Waals surface area contributed by atoms with Crippen LogP contribution in [-0.4, -0.2) is 13.3 Å². The van der Waals surface area contributed by atoms with E-state index < -0.39 is 12.6 Å². The van der Waals surface area contributed by atoms with Gasteiger partial charge in [-0.1, -0.05) is 23.7 Å². The Morgan fingerprint density at radius 2 is 1.88 bits per heavy atom. The van der Waals surface area contributed by atoms with Crippen LogP contribution in [0.1, 0.15) is 28.7 Å². The summed E-state index contributed by atoms with van der Waals surface area (Å²) >= 11 is 6.01. The first-order chi connectivity index (χ1) is 11.8. The van der Waals surface area contributed by atoms with Gasteiger partial charge in [0.1, 0.15) is 18.1 Å². The largest absolute Gasteiger partial charge is 0.513 e. The number of hydrogen-bond acceptors (Lipinski definition) is 4. The summed E-state index contributed by atoms with van der Waals surface area (Å²) in [7, 11) is 1.19. The molecule has 2 aromatic carbocycles. The Kier molecular flexibility index (Phi) is 6.20. The van der Waals surface area contributed by atoms with Crippen molar-refractivity contribution in [3.05, 3.63) is 57.6 Å². The van der Waals surface area contributed by atoms with Crippen LogP contribution >= 0.6 is 11.6 Å². The van der Waals surface area contributed by atoms with Gasteiger partial charge in [0.2, 0.25) is 0 Å². The number of methoxy groups -OCH3 is 1. The van der Waals surface area contributed by atoms with Crippen molar-refractivity contribution in [1.82, 2.24) is 0 Å². The van der Waals surface area contributed by atoms with E-state index in [9.17, 15) is 13.6 Å². The maximum absolute atomic E-state index is 13.2. The molecular formula is C18H17ClF2O4. The van der Waals surface area contributed by atoms with Crippen LogP contribution in [0.25, 0.3) is 0 Å². The summed E-state index contributed by atoms with van der Waals surface area (Å²) in [6.07, 6.45) is -3.58. The molecule has 0 bridgehead atoms. The van der Waals surface area contributed by atoms with E-state index in [1.807, 2.05) is 0 Å². The summed E-state index contributed by atoms with van der Waals surface area (Å²) in [4.78, 5) is 11.3. The summed E-state index contributed by atoms with van der Waals surface area (Å²) in [5.74, 6) is 0.224. The zero-order valence-corrected chi connectivity index (χ0v) is 14.7. The maximum atomic E-state index is 13.2. The molecule has 0 aliphatic carbocycles. The van der Waals surface area contributed by atoms with Crippen molar-refractivity contribution in [3.63, 3.8) is 0 Å². The first-order valence-electron chi connectivity index (χ1n) is 7.38. The van der Waals surface area contributed by atoms with Gasteiger partial charge in [0, 0.05) is 10.6 Å². The molecule has 0 fully saturated rings. The van der Waals surface area contributed by atoms with E-state index in [1.54, 1.807) is 32.0 Å². The molecule has 0 amide bonds. The second-order valence-electron chi connectivity index (χ2n) is 5.34. The highest BCUT2D eigenvalue weighted by molar-refractivity contribution is 6.31. The van der Waals surface area contributed by atoms with Crippen molar-refractivity contribution < 1.29 is 27.8 Å². The molecule has 2 aromatic rings. The number of rotatable bonds is 5. The van der Waals surface area contributed by atoms with Crippen molar-refractivity contribution in [2.24, 2.45) is 0 Å². The van der Waals surface area contributed by atoms with Gasteiger partial charge in [0.25, 0.3) is 6.43 Å². The molecule has 7 heteroatoms. The summed E-state index contributed by atoms with van der Waals surface area (Å²) in [6.45, 7) is 3.36. The van der Waals surface area contributed by atoms with E-state index >= 15 is 0 Å². The van der Waals surface area contributed by atoms with Crippen molar-refractivity contribution in [2.75, 3.05) is 7.11 Å². The highest BCUT2D eigenvalue weighted by Crippen LogP contribution is 2.35. The Bertz CT molecular complexity index is 778. The summed E-state index contributed by atoms with van der Waals surface area (Å²) in [5, 5.41) is 0.329. The van der Waals surface area contributed by atoms with Crippen molar-refractivity contribution in [1.29, 1.82) is 0 Å². The molecule has 25 heavy (non-hydrogen) atoms. The second kappa shape index (κ2) is 8.16. The minimum absolute atomic E-state index is 0.0159. The van der Waals surface area contributed by atoms with E-state index in [0.29, 0.717) is 16.1 Å². The van der Waals surface area contributed by atoms with E-state index in [-0.39, 0.29) is 23.7 Å². The van der Waals surface area contributed by atoms with Gasteiger partial charge in [-0.3, -0.25) is 0 Å². The highest BCUT2D eigenvalue weighted by Gasteiger charge is 2.18. The minimum atomic E-state index is -2.70. The Hall–Kier alpha value is -2.34. The summed E-state index contributed by atoms with van der Waals surface area (Å²) in [5.41, 5.74) is 1.61. The number of aryl methyl sites for hydroxylation is 2. The van der Waals surface area contributed by atoms with E-state index in [4.69, 9.17) is 21.1 Å². The minimum Gasteiger partial charge on any atom is -0.488 e. The fourth-order valence-corrected chi connectivity index (χ4v) is 2.37. The van der Waals surface area contributed by atoms with E-state index in [1.165, 1.54) is 19.2 Å². The van der Waals surface area contributed by atoms with Crippen LogP contribution in [0, 0.1) is 13.8 Å². The highest BCUT2D eigenvalue weighted by atomic mass is 35.5. The Morgan fingerprint density at radius 3 is 2.52 bits per heavy atom. The predicted molar refractivity (Wildman–Crippen MR) is 89.7 cm³/mol. The first-order valence-corrected chi connectivity index (χ1v) is 7.76. The molecule has 134 valence electrons. The molecule has 0 aliphatic rings. The molecule has 0 atom stereocenters. The standard InChI is InChI=1S/C18H17ClF2O4/c1-10-5-4-6-15(25-18(22)23-3)13(10)9-24-16-8-14(19)11(2)7-12(16)17(20)21/h4-8,17H,9H2,1-3H3. The maximum Gasteiger partial charge on any atom is 0.513 e. The third-order valence-electron chi connectivity index (χ3n) is 3.63. The number of halogens is 3. The number of ether oxygens (including phenoxy) is 3. The molecule has 0 aliphatic heterocycles. The Balaban J connectivity index is 2.30. The van der Waals surface area contributed by atoms with Crippen molar-refractivity contribution in [3.8, 4) is 11.5 Å². The third-order valence-corrected chi connectivity index (χ3v) is 4.03. The lowest BCUT2D eigenvalue weighted by atomic mass is 10.1. The van der Waals surface area contributed by atoms with Gasteiger partial charge >= 0.3 is 6.16 Å². The second-order valence-corrected chi connectivity index (χ2v) is 5.74. The molecule has 0 radical (unpaired) electrons. The fraction of sp³-hybridized carbons (Fsp3) is 0.278. The molecule has 0 aromatic heterocycles. The first kappa shape index (κ1) is 19.0. The summed E-state index contributed by atoms with van der Waals surface area (Å²) in [6, 6.07) is 7.71. The lowest BCUT2D eigenvalue weighted by molar-refractivity contribution is 0.120. The van der Waals surface area contributed by atoms with Crippen LogP contribution in [0.5, 0.6) is 11.5 Å². The van der Waals surface area contributed by atoms with Gasteiger partial charge in [-0.05, 0) is 43.2 Å². The van der Waals surface area contributed by atoms with Gasteiger partial charge < -0.3 is 14.2 Å². The van der Waals surface area contributed by atoms with Gasteiger partial charge in [-0.15, -0.1) is 0 Å². The Labute approximate surface area is 149 Å². The zero-order chi connectivity index (χ0) is 18.6. The average Bonchev–Trinajstić information content (AvgIpc) is 2.56. The molecule has 0 saturated heterocycles. The number of alkyl halides is 2. The monoisotopic (exact) mass is 370 g/mol. The smallest absolute Gasteiger partial charge is 0.488 e. The zero-order valence-electron chi connectivity index (χ0n) is 13.9. The van der Waals surface area contributed by atoms with Gasteiger partial charge in [-0.2, -0.15) is 0 Å². The normalized spacial score (nSPS) is 10.7. The number of carbonyl (C=O) groups is 1. The molecule has 0 saturated carbocycles. The molecule has 0 spiro atoms. The lowest BCUT2D eigenvalue weighted by Crippen LogP contribution is -2.11. The van der Waals surface area contributed by atoms with Crippen LogP contribution in [-0.2, 0) is 11.3 Å². The number of benzene rings is 2. The number of carbonyl (C=O) groups excluding carboxylic acids is 1. The topological polar surface area (TPSA) is 44.8 Å². The van der Waals surface area contributed by atoms with Crippen molar-refractivity contribution in [2.45, 2.75) is 26.9 Å². The SMILES string of the molecule is COC(=O)Oc1cccc(C)c1COc1cc(Cl)c(C)cc1C(F)F. The van der Waals surface area contributed by atoms with E-state index in [2.05, 4.69) is 4.74 Å². The van der Waals surface area contributed by atoms with Crippen LogP contribution in [0.3, 0.4) is 0 Å². The molecule has 0 N–H and O–H groups in total. The molecule has 0 heterocycles. The number of hydrogen-bond donors (Lipinski definition) is 0. The summed E-state index contributed by atoms with van der Waals surface area (Å²) < 4.78 is 41.6. The molecular weight excluding hydrogens is 354 g/mol. The van der Waals surface area contributed by atoms with Crippen LogP contribution in [0.15, 0.2) is 30.3 Å². The molecule has 2 rings (SSSR count). The predicted octanol–water partition coefficient (Wildman–Crippen LogP) is 5.62. The third kappa shape index (κ3) is 4.60. The van der Waals surface area contributed by atoms with Gasteiger partial charge in [-0.25, -0.2) is 13.6 Å². The molecule has 4 nitrogen and oxygen atoms in total. The molecule has 0 unspecified atom stereocenters. The van der Waals surface area contributed by atoms with Crippen LogP contribution in [0.2, 0.25) is 5.02 Å².